The molecule has 2 atom stereocenters. The molecule has 1 aromatic carbocycles. The molecule has 100 valence electrons. The molecule has 0 saturated carbocycles. The fourth-order valence-electron chi connectivity index (χ4n) is 2.95. The number of nitrogens with one attached hydrogen (secondary N) is 1. The van der Waals surface area contributed by atoms with Gasteiger partial charge in [0.25, 0.3) is 0 Å². The van der Waals surface area contributed by atoms with Crippen molar-refractivity contribution >= 4 is 0 Å². The Bertz CT molecular complexity index is 375. The maximum absolute atomic E-state index is 5.76. The van der Waals surface area contributed by atoms with E-state index in [1.54, 1.807) is 0 Å². The van der Waals surface area contributed by atoms with Gasteiger partial charge < -0.3 is 10.1 Å². The summed E-state index contributed by atoms with van der Waals surface area (Å²) < 4.78 is 5.76. The Morgan fingerprint density at radius 1 is 1.33 bits per heavy atom. The number of hydrogen-bond acceptors (Lipinski definition) is 2. The lowest BCUT2D eigenvalue weighted by Gasteiger charge is -2.33. The number of ether oxygens (including phenoxy) is 1. The highest BCUT2D eigenvalue weighted by Crippen LogP contribution is 2.37. The summed E-state index contributed by atoms with van der Waals surface area (Å²) in [5.41, 5.74) is 1.38. The van der Waals surface area contributed by atoms with E-state index in [-0.39, 0.29) is 0 Å². The van der Waals surface area contributed by atoms with E-state index in [0.29, 0.717) is 12.0 Å². The minimum Gasteiger partial charge on any atom is -0.493 e. The van der Waals surface area contributed by atoms with Crippen molar-refractivity contribution in [2.45, 2.75) is 45.6 Å². The van der Waals surface area contributed by atoms with E-state index in [1.807, 2.05) is 0 Å². The first-order chi connectivity index (χ1) is 8.72. The van der Waals surface area contributed by atoms with Crippen molar-refractivity contribution in [3.63, 3.8) is 0 Å². The van der Waals surface area contributed by atoms with Crippen LogP contribution in [0.1, 0.15) is 45.1 Å². The van der Waals surface area contributed by atoms with Crippen LogP contribution < -0.4 is 10.1 Å². The lowest BCUT2D eigenvalue weighted by atomic mass is 9.83. The summed E-state index contributed by atoms with van der Waals surface area (Å²) in [7, 11) is 0. The van der Waals surface area contributed by atoms with Crippen molar-refractivity contribution in [1.82, 2.24) is 5.32 Å². The number of para-hydroxylation sites is 1. The van der Waals surface area contributed by atoms with Crippen LogP contribution in [-0.2, 0) is 0 Å². The zero-order valence-corrected chi connectivity index (χ0v) is 11.8. The van der Waals surface area contributed by atoms with Crippen LogP contribution in [0.3, 0.4) is 0 Å². The topological polar surface area (TPSA) is 21.3 Å². The molecular weight excluding hydrogens is 222 g/mol. The second-order valence-corrected chi connectivity index (χ2v) is 5.58. The predicted octanol–water partition coefficient (Wildman–Crippen LogP) is 3.58. The standard InChI is InChI=1S/C16H25NO/c1-4-17-15(11-12(2)3)13-9-10-18-16-8-6-5-7-14(13)16/h5-8,12-13,15,17H,4,9-11H2,1-3H3. The molecule has 0 saturated heterocycles. The summed E-state index contributed by atoms with van der Waals surface area (Å²) in [5.74, 6) is 2.40. The van der Waals surface area contributed by atoms with Crippen molar-refractivity contribution < 1.29 is 4.74 Å². The predicted molar refractivity (Wildman–Crippen MR) is 76.2 cm³/mol. The molecule has 1 N–H and O–H groups in total. The Hall–Kier alpha value is -1.02. The first-order valence-corrected chi connectivity index (χ1v) is 7.17. The maximum atomic E-state index is 5.76. The molecule has 0 spiro atoms. The number of rotatable bonds is 5. The van der Waals surface area contributed by atoms with E-state index in [1.165, 1.54) is 12.0 Å². The molecule has 1 aliphatic rings. The SMILES string of the molecule is CCNC(CC(C)C)C1CCOc2ccccc21. The molecule has 2 rings (SSSR count). The summed E-state index contributed by atoms with van der Waals surface area (Å²) in [4.78, 5) is 0. The Morgan fingerprint density at radius 2 is 2.11 bits per heavy atom. The molecule has 0 amide bonds. The average molecular weight is 247 g/mol. The van der Waals surface area contributed by atoms with Crippen LogP contribution in [0.15, 0.2) is 24.3 Å². The van der Waals surface area contributed by atoms with Crippen molar-refractivity contribution in [2.24, 2.45) is 5.92 Å². The van der Waals surface area contributed by atoms with E-state index in [2.05, 4.69) is 50.4 Å². The van der Waals surface area contributed by atoms with Crippen LogP contribution in [0, 0.1) is 5.92 Å². The quantitative estimate of drug-likeness (QED) is 0.858. The highest BCUT2D eigenvalue weighted by molar-refractivity contribution is 5.38. The van der Waals surface area contributed by atoms with Gasteiger partial charge in [-0.2, -0.15) is 0 Å². The molecular formula is C16H25NO. The molecule has 0 radical (unpaired) electrons. The van der Waals surface area contributed by atoms with Gasteiger partial charge in [-0.25, -0.2) is 0 Å². The molecule has 0 aliphatic carbocycles. The molecule has 2 nitrogen and oxygen atoms in total. The van der Waals surface area contributed by atoms with Crippen LogP contribution in [0.2, 0.25) is 0 Å². The Labute approximate surface area is 111 Å². The molecule has 1 aromatic rings. The number of benzene rings is 1. The summed E-state index contributed by atoms with van der Waals surface area (Å²) in [6.45, 7) is 8.68. The van der Waals surface area contributed by atoms with Gasteiger partial charge in [0.05, 0.1) is 6.61 Å². The van der Waals surface area contributed by atoms with E-state index in [9.17, 15) is 0 Å². The van der Waals surface area contributed by atoms with Crippen molar-refractivity contribution in [2.75, 3.05) is 13.2 Å². The molecule has 2 unspecified atom stereocenters. The average Bonchev–Trinajstić information content (AvgIpc) is 2.37. The van der Waals surface area contributed by atoms with Gasteiger partial charge in [-0.3, -0.25) is 0 Å². The van der Waals surface area contributed by atoms with E-state index < -0.39 is 0 Å². The van der Waals surface area contributed by atoms with Gasteiger partial charge in [0, 0.05) is 12.0 Å². The van der Waals surface area contributed by atoms with Crippen LogP contribution in [-0.4, -0.2) is 19.2 Å². The van der Waals surface area contributed by atoms with Gasteiger partial charge in [0.1, 0.15) is 5.75 Å². The summed E-state index contributed by atoms with van der Waals surface area (Å²) in [6, 6.07) is 9.08. The fourth-order valence-corrected chi connectivity index (χ4v) is 2.95. The monoisotopic (exact) mass is 247 g/mol. The van der Waals surface area contributed by atoms with Crippen molar-refractivity contribution in [3.05, 3.63) is 29.8 Å². The molecule has 0 bridgehead atoms. The van der Waals surface area contributed by atoms with Gasteiger partial charge in [-0.1, -0.05) is 39.0 Å². The van der Waals surface area contributed by atoms with Gasteiger partial charge in [0.15, 0.2) is 0 Å². The Morgan fingerprint density at radius 3 is 2.83 bits per heavy atom. The first-order valence-electron chi connectivity index (χ1n) is 7.17. The third-order valence-corrected chi connectivity index (χ3v) is 3.68. The normalized spacial score (nSPS) is 20.3. The number of likely N-dealkylation sites (N-methyl/N-ethyl adjacent to an activating group) is 1. The lowest BCUT2D eigenvalue weighted by Crippen LogP contribution is -2.38. The third kappa shape index (κ3) is 3.05. The minimum absolute atomic E-state index is 0.569. The minimum atomic E-state index is 0.569. The van der Waals surface area contributed by atoms with Crippen LogP contribution in [0.25, 0.3) is 0 Å². The van der Waals surface area contributed by atoms with Crippen LogP contribution in [0.5, 0.6) is 5.75 Å². The third-order valence-electron chi connectivity index (χ3n) is 3.68. The zero-order valence-electron chi connectivity index (χ0n) is 11.8. The molecule has 18 heavy (non-hydrogen) atoms. The summed E-state index contributed by atoms with van der Waals surface area (Å²) >= 11 is 0. The maximum Gasteiger partial charge on any atom is 0.122 e. The molecule has 0 aromatic heterocycles. The molecule has 2 heteroatoms. The van der Waals surface area contributed by atoms with E-state index in [4.69, 9.17) is 4.74 Å². The van der Waals surface area contributed by atoms with Crippen molar-refractivity contribution in [1.29, 1.82) is 0 Å². The second kappa shape index (κ2) is 6.24. The Kier molecular flexibility index (Phi) is 4.65. The molecule has 1 aliphatic heterocycles. The highest BCUT2D eigenvalue weighted by Gasteiger charge is 2.28. The highest BCUT2D eigenvalue weighted by atomic mass is 16.5. The lowest BCUT2D eigenvalue weighted by molar-refractivity contribution is 0.236. The van der Waals surface area contributed by atoms with Crippen LogP contribution >= 0.6 is 0 Å². The van der Waals surface area contributed by atoms with Gasteiger partial charge in [-0.05, 0) is 36.9 Å². The molecule has 1 heterocycles. The van der Waals surface area contributed by atoms with E-state index in [0.717, 1.165) is 31.2 Å². The van der Waals surface area contributed by atoms with Gasteiger partial charge >= 0.3 is 0 Å². The first kappa shape index (κ1) is 13.4. The van der Waals surface area contributed by atoms with Gasteiger partial charge in [0.2, 0.25) is 0 Å². The Balaban J connectivity index is 2.20. The van der Waals surface area contributed by atoms with Crippen LogP contribution in [0.4, 0.5) is 0 Å². The number of fused-ring (bicyclic) bond motifs is 1. The smallest absolute Gasteiger partial charge is 0.122 e. The van der Waals surface area contributed by atoms with Gasteiger partial charge in [-0.15, -0.1) is 0 Å². The summed E-state index contributed by atoms with van der Waals surface area (Å²) in [6.07, 6.45) is 2.36. The summed E-state index contributed by atoms with van der Waals surface area (Å²) in [5, 5.41) is 3.67. The largest absolute Gasteiger partial charge is 0.493 e. The second-order valence-electron chi connectivity index (χ2n) is 5.58. The number of hydrogen-bond donors (Lipinski definition) is 1. The van der Waals surface area contributed by atoms with E-state index >= 15 is 0 Å². The van der Waals surface area contributed by atoms with Crippen molar-refractivity contribution in [3.8, 4) is 5.75 Å². The fraction of sp³-hybridized carbons (Fsp3) is 0.625. The molecule has 0 fully saturated rings. The zero-order chi connectivity index (χ0) is 13.0.